The van der Waals surface area contributed by atoms with E-state index >= 15 is 0 Å². The summed E-state index contributed by atoms with van der Waals surface area (Å²) in [6.45, 7) is -0.228. The average Bonchev–Trinajstić information content (AvgIpc) is 2.10. The monoisotopic (exact) mass is 178 g/mol. The maximum absolute atomic E-state index is 11.0. The number of hydrogen-bond acceptors (Lipinski definition) is 4. The van der Waals surface area contributed by atoms with Crippen LogP contribution in [0.2, 0.25) is 0 Å². The van der Waals surface area contributed by atoms with Crippen molar-refractivity contribution in [1.82, 2.24) is 10.2 Å². The third kappa shape index (κ3) is 4.12. The van der Waals surface area contributed by atoms with Gasteiger partial charge in [-0.2, -0.15) is 0 Å². The predicted octanol–water partition coefficient (Wildman–Crippen LogP) is -0.844. The van der Waals surface area contributed by atoms with E-state index in [9.17, 15) is 4.79 Å². The van der Waals surface area contributed by atoms with Crippen LogP contribution in [0.15, 0.2) is 0 Å². The van der Waals surface area contributed by atoms with Crippen molar-refractivity contribution in [2.24, 2.45) is 0 Å². The molecule has 0 fully saturated rings. The molecule has 0 aliphatic rings. The van der Waals surface area contributed by atoms with Crippen molar-refractivity contribution < 1.29 is 19.4 Å². The number of urea groups is 1. The highest BCUT2D eigenvalue weighted by molar-refractivity contribution is 5.73. The van der Waals surface area contributed by atoms with Gasteiger partial charge in [0, 0.05) is 14.2 Å². The van der Waals surface area contributed by atoms with Gasteiger partial charge in [0.15, 0.2) is 0 Å². The van der Waals surface area contributed by atoms with Gasteiger partial charge < -0.3 is 19.9 Å². The summed E-state index contributed by atoms with van der Waals surface area (Å²) in [6, 6.07) is -0.429. The Morgan fingerprint density at radius 1 is 1.50 bits per heavy atom. The minimum absolute atomic E-state index is 0.0477. The smallest absolute Gasteiger partial charge is 0.322 e. The standard InChI is InChI=1S/C6H14N2O4/c1-11-3-7-6(10)8(4-9)5-12-2/h9H,3-5H2,1-2H3,(H,7,10). The number of nitrogens with one attached hydrogen (secondary N) is 1. The van der Waals surface area contributed by atoms with Gasteiger partial charge in [0.2, 0.25) is 0 Å². The molecule has 2 N–H and O–H groups in total. The first-order valence-corrected chi connectivity index (χ1v) is 3.37. The minimum atomic E-state index is -0.429. The molecule has 0 atom stereocenters. The minimum Gasteiger partial charge on any atom is -0.376 e. The number of hydrogen-bond donors (Lipinski definition) is 2. The Morgan fingerprint density at radius 3 is 2.58 bits per heavy atom. The third-order valence-corrected chi connectivity index (χ3v) is 1.11. The lowest BCUT2D eigenvalue weighted by Gasteiger charge is -2.18. The van der Waals surface area contributed by atoms with E-state index in [4.69, 9.17) is 5.11 Å². The van der Waals surface area contributed by atoms with Gasteiger partial charge in [-0.15, -0.1) is 0 Å². The molecule has 72 valence electrons. The first kappa shape index (κ1) is 11.2. The molecule has 2 amide bonds. The van der Waals surface area contributed by atoms with Crippen molar-refractivity contribution in [2.45, 2.75) is 0 Å². The van der Waals surface area contributed by atoms with Gasteiger partial charge in [-0.25, -0.2) is 4.79 Å². The molecular weight excluding hydrogens is 164 g/mol. The molecule has 0 rings (SSSR count). The van der Waals surface area contributed by atoms with Crippen molar-refractivity contribution in [2.75, 3.05) is 34.4 Å². The van der Waals surface area contributed by atoms with Crippen molar-refractivity contribution in [1.29, 1.82) is 0 Å². The van der Waals surface area contributed by atoms with Crippen LogP contribution in [0.5, 0.6) is 0 Å². The first-order valence-electron chi connectivity index (χ1n) is 3.37. The second-order valence-corrected chi connectivity index (χ2v) is 2.01. The summed E-state index contributed by atoms with van der Waals surface area (Å²) in [7, 11) is 2.89. The van der Waals surface area contributed by atoms with Crippen LogP contribution >= 0.6 is 0 Å². The molecule has 0 aromatic rings. The highest BCUT2D eigenvalue weighted by atomic mass is 16.5. The molecule has 0 spiro atoms. The molecule has 0 saturated carbocycles. The summed E-state index contributed by atoms with van der Waals surface area (Å²) < 4.78 is 9.26. The van der Waals surface area contributed by atoms with Gasteiger partial charge in [0.05, 0.1) is 0 Å². The molecule has 12 heavy (non-hydrogen) atoms. The Kier molecular flexibility index (Phi) is 6.35. The fourth-order valence-corrected chi connectivity index (χ4v) is 0.565. The number of rotatable bonds is 5. The van der Waals surface area contributed by atoms with Gasteiger partial charge in [-0.05, 0) is 0 Å². The fraction of sp³-hybridized carbons (Fsp3) is 0.833. The molecule has 0 aliphatic carbocycles. The van der Waals surface area contributed by atoms with Crippen molar-refractivity contribution in [3.63, 3.8) is 0 Å². The van der Waals surface area contributed by atoms with Crippen LogP contribution in [0.3, 0.4) is 0 Å². The summed E-state index contributed by atoms with van der Waals surface area (Å²) >= 11 is 0. The van der Waals surface area contributed by atoms with E-state index in [0.29, 0.717) is 0 Å². The molecule has 0 saturated heterocycles. The Morgan fingerprint density at radius 2 is 2.17 bits per heavy atom. The number of methoxy groups -OCH3 is 2. The lowest BCUT2D eigenvalue weighted by Crippen LogP contribution is -2.42. The quantitative estimate of drug-likeness (QED) is 0.538. The van der Waals surface area contributed by atoms with Crippen LogP contribution in [0.25, 0.3) is 0 Å². The van der Waals surface area contributed by atoms with E-state index in [2.05, 4.69) is 14.8 Å². The van der Waals surface area contributed by atoms with Crippen LogP contribution < -0.4 is 5.32 Å². The maximum Gasteiger partial charge on any atom is 0.322 e. The number of ether oxygens (including phenoxy) is 2. The molecule has 0 bridgehead atoms. The van der Waals surface area contributed by atoms with Crippen LogP contribution in [-0.2, 0) is 9.47 Å². The lowest BCUT2D eigenvalue weighted by molar-refractivity contribution is 0.0285. The van der Waals surface area contributed by atoms with Gasteiger partial charge in [0.1, 0.15) is 20.2 Å². The molecule has 0 heterocycles. The normalized spacial score (nSPS) is 9.58. The van der Waals surface area contributed by atoms with E-state index in [1.807, 2.05) is 0 Å². The second kappa shape index (κ2) is 6.84. The molecule has 0 aliphatic heterocycles. The second-order valence-electron chi connectivity index (χ2n) is 2.01. The third-order valence-electron chi connectivity index (χ3n) is 1.11. The van der Waals surface area contributed by atoms with Crippen molar-refractivity contribution >= 4 is 6.03 Å². The van der Waals surface area contributed by atoms with Crippen molar-refractivity contribution in [3.05, 3.63) is 0 Å². The van der Waals surface area contributed by atoms with Gasteiger partial charge in [-0.3, -0.25) is 4.90 Å². The zero-order valence-corrected chi connectivity index (χ0v) is 7.24. The zero-order chi connectivity index (χ0) is 9.40. The predicted molar refractivity (Wildman–Crippen MR) is 41.2 cm³/mol. The van der Waals surface area contributed by atoms with Gasteiger partial charge in [-0.1, -0.05) is 0 Å². The summed E-state index contributed by atoms with van der Waals surface area (Å²) in [5.41, 5.74) is 0. The van der Waals surface area contributed by atoms with E-state index in [1.54, 1.807) is 0 Å². The number of aliphatic hydroxyl groups is 1. The Balaban J connectivity index is 3.69. The topological polar surface area (TPSA) is 71.0 Å². The largest absolute Gasteiger partial charge is 0.376 e. The average molecular weight is 178 g/mol. The Labute approximate surface area is 71.1 Å². The van der Waals surface area contributed by atoms with Gasteiger partial charge >= 0.3 is 6.03 Å². The number of amides is 2. The zero-order valence-electron chi connectivity index (χ0n) is 7.24. The first-order chi connectivity index (χ1) is 5.76. The molecular formula is C6H14N2O4. The van der Waals surface area contributed by atoms with E-state index in [0.717, 1.165) is 4.90 Å². The highest BCUT2D eigenvalue weighted by Gasteiger charge is 2.09. The number of aliphatic hydroxyl groups excluding tert-OH is 1. The van der Waals surface area contributed by atoms with Gasteiger partial charge in [0.25, 0.3) is 0 Å². The SMILES string of the molecule is COCNC(=O)N(CO)COC. The number of carbonyl (C=O) groups excluding carboxylic acids is 1. The van der Waals surface area contributed by atoms with E-state index < -0.39 is 6.03 Å². The molecule has 6 nitrogen and oxygen atoms in total. The summed E-state index contributed by atoms with van der Waals surface area (Å²) in [6.07, 6.45) is 0. The highest BCUT2D eigenvalue weighted by Crippen LogP contribution is 1.86. The lowest BCUT2D eigenvalue weighted by atomic mass is 10.7. The van der Waals surface area contributed by atoms with Crippen LogP contribution in [0, 0.1) is 0 Å². The maximum atomic E-state index is 11.0. The Bertz CT molecular complexity index is 131. The van der Waals surface area contributed by atoms with Crippen molar-refractivity contribution in [3.8, 4) is 0 Å². The summed E-state index contributed by atoms with van der Waals surface area (Å²) in [5, 5.41) is 11.1. The molecule has 0 aromatic heterocycles. The van der Waals surface area contributed by atoms with Crippen LogP contribution in [-0.4, -0.2) is 50.4 Å². The molecule has 0 radical (unpaired) electrons. The van der Waals surface area contributed by atoms with E-state index in [1.165, 1.54) is 14.2 Å². The summed E-state index contributed by atoms with van der Waals surface area (Å²) in [4.78, 5) is 12.1. The molecule has 6 heteroatoms. The van der Waals surface area contributed by atoms with E-state index in [-0.39, 0.29) is 20.2 Å². The van der Waals surface area contributed by atoms with Crippen LogP contribution in [0.4, 0.5) is 4.79 Å². The number of nitrogens with zero attached hydrogens (tertiary/aromatic N) is 1. The van der Waals surface area contributed by atoms with Crippen LogP contribution in [0.1, 0.15) is 0 Å². The number of carbonyl (C=O) groups is 1. The Hall–Kier alpha value is -0.850. The summed E-state index contributed by atoms with van der Waals surface area (Å²) in [5.74, 6) is 0. The fourth-order valence-electron chi connectivity index (χ4n) is 0.565. The molecule has 0 unspecified atom stereocenters. The molecule has 0 aromatic carbocycles.